The predicted molar refractivity (Wildman–Crippen MR) is 42.7 cm³/mol. The molecule has 0 aromatic rings. The van der Waals surface area contributed by atoms with Gasteiger partial charge in [-0.25, -0.2) is 9.59 Å². The summed E-state index contributed by atoms with van der Waals surface area (Å²) in [4.78, 5) is 31.7. The van der Waals surface area contributed by atoms with Crippen molar-refractivity contribution in [3.05, 3.63) is 0 Å². The molecule has 0 amide bonds. The van der Waals surface area contributed by atoms with Gasteiger partial charge in [0, 0.05) is 0 Å². The molecule has 0 bridgehead atoms. The highest BCUT2D eigenvalue weighted by Crippen LogP contribution is 2.21. The smallest absolute Gasteiger partial charge is 0.476 e. The molecule has 7 nitrogen and oxygen atoms in total. The second-order valence-corrected chi connectivity index (χ2v) is 2.61. The van der Waals surface area contributed by atoms with E-state index in [2.05, 4.69) is 9.39 Å². The molecule has 0 saturated heterocycles. The van der Waals surface area contributed by atoms with Crippen molar-refractivity contribution in [3.63, 3.8) is 0 Å². The molecule has 0 aromatic carbocycles. The Morgan fingerprint density at radius 2 is 1.65 bits per heavy atom. The highest BCUT2D eigenvalue weighted by atomic mass is 19.4. The summed E-state index contributed by atoms with van der Waals surface area (Å²) in [6.45, 7) is 0. The topological polar surface area (TPSA) is 110 Å². The third kappa shape index (κ3) is 8.22. The molecule has 0 heterocycles. The van der Waals surface area contributed by atoms with E-state index < -0.39 is 44.2 Å². The second kappa shape index (κ2) is 6.20. The summed E-state index contributed by atoms with van der Waals surface area (Å²) in [5, 5.41) is 16.2. The fourth-order valence-corrected chi connectivity index (χ4v) is 0.584. The zero-order valence-corrected chi connectivity index (χ0v) is 8.06. The third-order valence-corrected chi connectivity index (χ3v) is 1.20. The van der Waals surface area contributed by atoms with E-state index in [0.717, 1.165) is 0 Å². The highest BCUT2D eigenvalue weighted by Gasteiger charge is 2.31. The Morgan fingerprint density at radius 1 is 1.12 bits per heavy atom. The van der Waals surface area contributed by atoms with Crippen LogP contribution in [0.15, 0.2) is 0 Å². The van der Waals surface area contributed by atoms with Gasteiger partial charge in [-0.1, -0.05) is 0 Å². The van der Waals surface area contributed by atoms with E-state index in [-0.39, 0.29) is 0 Å². The van der Waals surface area contributed by atoms with Crippen LogP contribution in [0.1, 0.15) is 12.8 Å². The molecule has 0 saturated carbocycles. The molecule has 17 heavy (non-hydrogen) atoms. The van der Waals surface area contributed by atoms with Crippen LogP contribution in [0.5, 0.6) is 0 Å². The monoisotopic (exact) mass is 258 g/mol. The number of hydrogen-bond donors (Lipinski definition) is 2. The molecular weight excluding hydrogens is 252 g/mol. The van der Waals surface area contributed by atoms with Crippen LogP contribution in [0.4, 0.5) is 13.2 Å². The minimum Gasteiger partial charge on any atom is -0.476 e. The molecular formula is C6H6BF3O7. The molecule has 0 aliphatic rings. The maximum Gasteiger partial charge on any atom is 0.709 e. The van der Waals surface area contributed by atoms with E-state index in [4.69, 9.17) is 10.0 Å². The summed E-state index contributed by atoms with van der Waals surface area (Å²) >= 11 is 0. The first-order valence-electron chi connectivity index (χ1n) is 4.00. The van der Waals surface area contributed by atoms with Gasteiger partial charge >= 0.3 is 31.4 Å². The average Bonchev–Trinajstić information content (AvgIpc) is 2.12. The number of carbonyl (C=O) groups is 3. The molecule has 0 rings (SSSR count). The second-order valence-electron chi connectivity index (χ2n) is 2.61. The van der Waals surface area contributed by atoms with Crippen LogP contribution in [-0.2, 0) is 23.8 Å². The highest BCUT2D eigenvalue weighted by molar-refractivity contribution is 6.43. The number of carbonyl (C=O) groups excluding carboxylic acids is 3. The Bertz CT molecular complexity index is 313. The Kier molecular flexibility index (Phi) is 5.61. The molecule has 0 aliphatic carbocycles. The van der Waals surface area contributed by atoms with E-state index >= 15 is 0 Å². The number of halogens is 3. The zero-order valence-electron chi connectivity index (χ0n) is 8.06. The number of rotatable bonds is 3. The maximum atomic E-state index is 11.6. The SMILES string of the molecule is O=C(CCC(F)(F)F)OC(=O)C(=O)OB(O)O. The lowest BCUT2D eigenvalue weighted by molar-refractivity contribution is -0.173. The standard InChI is InChI=1S/C6H6BF3O7/c8-6(9,10)2-1-3(11)16-4(12)5(13)17-7(14)15/h14-15H,1-2H2. The number of esters is 2. The molecule has 0 fully saturated rings. The van der Waals surface area contributed by atoms with Crippen molar-refractivity contribution in [2.24, 2.45) is 0 Å². The summed E-state index contributed by atoms with van der Waals surface area (Å²) in [7, 11) is -2.60. The van der Waals surface area contributed by atoms with Gasteiger partial charge in [0.2, 0.25) is 0 Å². The van der Waals surface area contributed by atoms with Gasteiger partial charge in [0.05, 0.1) is 12.8 Å². The molecule has 96 valence electrons. The first kappa shape index (κ1) is 15.4. The predicted octanol–water partition coefficient (Wildman–Crippen LogP) is -1.09. The van der Waals surface area contributed by atoms with Crippen LogP contribution in [0.3, 0.4) is 0 Å². The Balaban J connectivity index is 4.04. The maximum absolute atomic E-state index is 11.6. The van der Waals surface area contributed by atoms with Gasteiger partial charge in [-0.2, -0.15) is 13.2 Å². The Hall–Kier alpha value is -1.62. The van der Waals surface area contributed by atoms with Gasteiger partial charge in [0.1, 0.15) is 0 Å². The lowest BCUT2D eigenvalue weighted by Gasteiger charge is -2.05. The van der Waals surface area contributed by atoms with Crippen LogP contribution in [-0.4, -0.2) is 41.5 Å². The molecule has 0 aromatic heterocycles. The van der Waals surface area contributed by atoms with Crippen LogP contribution >= 0.6 is 0 Å². The quantitative estimate of drug-likeness (QED) is 0.286. The largest absolute Gasteiger partial charge is 0.709 e. The molecule has 0 unspecified atom stereocenters. The zero-order chi connectivity index (χ0) is 13.6. The first-order chi connectivity index (χ1) is 7.61. The summed E-state index contributed by atoms with van der Waals surface area (Å²) in [6, 6.07) is 0. The van der Waals surface area contributed by atoms with Crippen LogP contribution in [0, 0.1) is 0 Å². The fraction of sp³-hybridized carbons (Fsp3) is 0.500. The van der Waals surface area contributed by atoms with E-state index in [1.54, 1.807) is 0 Å². The van der Waals surface area contributed by atoms with E-state index in [9.17, 15) is 27.6 Å². The normalized spacial score (nSPS) is 10.6. The third-order valence-electron chi connectivity index (χ3n) is 1.20. The molecule has 0 aliphatic heterocycles. The summed E-state index contributed by atoms with van der Waals surface area (Å²) < 4.78 is 42.0. The van der Waals surface area contributed by atoms with Crippen molar-refractivity contribution in [1.29, 1.82) is 0 Å². The lowest BCUT2D eigenvalue weighted by Crippen LogP contribution is -2.30. The number of alkyl halides is 3. The minimum absolute atomic E-state index is 1.15. The van der Waals surface area contributed by atoms with Crippen molar-refractivity contribution in [2.45, 2.75) is 19.0 Å². The first-order valence-corrected chi connectivity index (χ1v) is 4.00. The van der Waals surface area contributed by atoms with Crippen LogP contribution < -0.4 is 0 Å². The summed E-state index contributed by atoms with van der Waals surface area (Å²) in [5.41, 5.74) is 0. The van der Waals surface area contributed by atoms with Crippen molar-refractivity contribution in [2.75, 3.05) is 0 Å². The van der Waals surface area contributed by atoms with Crippen LogP contribution in [0.25, 0.3) is 0 Å². The summed E-state index contributed by atoms with van der Waals surface area (Å²) in [5.74, 6) is -5.44. The number of ether oxygens (including phenoxy) is 1. The van der Waals surface area contributed by atoms with Gasteiger partial charge in [0.15, 0.2) is 0 Å². The van der Waals surface area contributed by atoms with Gasteiger partial charge in [-0.15, -0.1) is 0 Å². The van der Waals surface area contributed by atoms with Gasteiger partial charge in [0.25, 0.3) is 0 Å². The van der Waals surface area contributed by atoms with Crippen molar-refractivity contribution in [3.8, 4) is 0 Å². The lowest BCUT2D eigenvalue weighted by atomic mass is 10.3. The van der Waals surface area contributed by atoms with E-state index in [0.29, 0.717) is 0 Å². The Morgan fingerprint density at radius 3 is 2.06 bits per heavy atom. The van der Waals surface area contributed by atoms with Crippen molar-refractivity contribution in [1.82, 2.24) is 0 Å². The molecule has 0 atom stereocenters. The molecule has 11 heteroatoms. The minimum atomic E-state index is -4.61. The van der Waals surface area contributed by atoms with Crippen LogP contribution in [0.2, 0.25) is 0 Å². The fourth-order valence-electron chi connectivity index (χ4n) is 0.584. The van der Waals surface area contributed by atoms with Crippen molar-refractivity contribution < 1.29 is 47.0 Å². The van der Waals surface area contributed by atoms with Gasteiger partial charge < -0.3 is 19.4 Å². The molecule has 2 N–H and O–H groups in total. The summed E-state index contributed by atoms with van der Waals surface area (Å²) in [6.07, 6.45) is -7.27. The van der Waals surface area contributed by atoms with E-state index in [1.807, 2.05) is 0 Å². The Labute approximate surface area is 92.3 Å². The molecule has 0 spiro atoms. The average molecular weight is 258 g/mol. The van der Waals surface area contributed by atoms with Crippen molar-refractivity contribution >= 4 is 25.2 Å². The molecule has 0 radical (unpaired) electrons. The van der Waals surface area contributed by atoms with Gasteiger partial charge in [-0.3, -0.25) is 4.79 Å². The van der Waals surface area contributed by atoms with E-state index in [1.165, 1.54) is 0 Å². The number of hydrogen-bond acceptors (Lipinski definition) is 7. The van der Waals surface area contributed by atoms with Gasteiger partial charge in [-0.05, 0) is 0 Å².